The van der Waals surface area contributed by atoms with Crippen molar-refractivity contribution in [1.29, 1.82) is 5.26 Å². The molecule has 1 N–H and O–H groups in total. The molecule has 0 fully saturated rings. The summed E-state index contributed by atoms with van der Waals surface area (Å²) in [5.41, 5.74) is 7.23. The van der Waals surface area contributed by atoms with Gasteiger partial charge in [-0.25, -0.2) is 5.01 Å². The van der Waals surface area contributed by atoms with Crippen LogP contribution in [-0.2, 0) is 0 Å². The van der Waals surface area contributed by atoms with E-state index in [0.29, 0.717) is 5.56 Å². The fourth-order valence-electron chi connectivity index (χ4n) is 2.73. The molecule has 3 nitrogen and oxygen atoms in total. The molecule has 2 rings (SSSR count). The number of hydrogen-bond acceptors (Lipinski definition) is 3. The van der Waals surface area contributed by atoms with Gasteiger partial charge in [0.05, 0.1) is 23.4 Å². The van der Waals surface area contributed by atoms with Crippen LogP contribution in [-0.4, -0.2) is 12.1 Å². The standard InChI is InChI=1S/C22H23N3/c1-4-6-12-19(5-2)22(20-13-8-7-9-14-20)25(3)24-21-15-10-11-18(16-21)17-23/h4-16,22,24H,1H2,2-3H3/b12-6-,19-5+. The van der Waals surface area contributed by atoms with Gasteiger partial charge in [-0.05, 0) is 36.3 Å². The molecule has 0 saturated carbocycles. The van der Waals surface area contributed by atoms with Gasteiger partial charge in [0.25, 0.3) is 0 Å². The summed E-state index contributed by atoms with van der Waals surface area (Å²) in [6, 6.07) is 20.0. The first-order chi connectivity index (χ1) is 12.2. The van der Waals surface area contributed by atoms with Crippen LogP contribution >= 0.6 is 0 Å². The Morgan fingerprint density at radius 2 is 1.96 bits per heavy atom. The molecule has 0 aliphatic carbocycles. The zero-order valence-electron chi connectivity index (χ0n) is 14.7. The maximum absolute atomic E-state index is 9.09. The molecule has 2 aromatic rings. The molecular weight excluding hydrogens is 306 g/mol. The highest BCUT2D eigenvalue weighted by Gasteiger charge is 2.19. The van der Waals surface area contributed by atoms with Crippen LogP contribution in [0, 0.1) is 11.3 Å². The molecule has 1 atom stereocenters. The molecule has 0 amide bonds. The first-order valence-corrected chi connectivity index (χ1v) is 8.19. The molecule has 3 heteroatoms. The average molecular weight is 329 g/mol. The Balaban J connectivity index is 2.35. The van der Waals surface area contributed by atoms with Gasteiger partial charge >= 0.3 is 0 Å². The number of hydrogen-bond donors (Lipinski definition) is 1. The minimum Gasteiger partial charge on any atom is -0.318 e. The van der Waals surface area contributed by atoms with Crippen molar-refractivity contribution >= 4 is 5.69 Å². The topological polar surface area (TPSA) is 39.1 Å². The van der Waals surface area contributed by atoms with Crippen LogP contribution in [0.1, 0.15) is 24.1 Å². The Morgan fingerprint density at radius 3 is 2.60 bits per heavy atom. The van der Waals surface area contributed by atoms with Crippen LogP contribution in [0.5, 0.6) is 0 Å². The molecule has 0 aliphatic rings. The lowest BCUT2D eigenvalue weighted by Gasteiger charge is -2.31. The first-order valence-electron chi connectivity index (χ1n) is 8.19. The van der Waals surface area contributed by atoms with Crippen LogP contribution in [0.4, 0.5) is 5.69 Å². The number of hydrazine groups is 1. The van der Waals surface area contributed by atoms with Gasteiger partial charge in [0, 0.05) is 7.05 Å². The second-order valence-electron chi connectivity index (χ2n) is 5.61. The third-order valence-corrected chi connectivity index (χ3v) is 3.87. The molecule has 25 heavy (non-hydrogen) atoms. The minimum atomic E-state index is 0.0214. The second kappa shape index (κ2) is 9.27. The third kappa shape index (κ3) is 4.94. The molecule has 0 bridgehead atoms. The molecule has 0 aromatic heterocycles. The molecule has 1 unspecified atom stereocenters. The van der Waals surface area contributed by atoms with E-state index < -0.39 is 0 Å². The summed E-state index contributed by atoms with van der Waals surface area (Å²) in [5, 5.41) is 11.1. The van der Waals surface area contributed by atoms with E-state index in [2.05, 4.69) is 47.4 Å². The number of nitrogens with one attached hydrogen (secondary N) is 1. The van der Waals surface area contributed by atoms with Crippen molar-refractivity contribution in [1.82, 2.24) is 5.01 Å². The molecule has 2 aromatic carbocycles. The van der Waals surface area contributed by atoms with Crippen LogP contribution in [0.2, 0.25) is 0 Å². The summed E-state index contributed by atoms with van der Waals surface area (Å²) in [7, 11) is 2.00. The van der Waals surface area contributed by atoms with Crippen molar-refractivity contribution in [2.45, 2.75) is 13.0 Å². The number of benzene rings is 2. The van der Waals surface area contributed by atoms with Crippen molar-refractivity contribution < 1.29 is 0 Å². The van der Waals surface area contributed by atoms with Gasteiger partial charge in [0.15, 0.2) is 0 Å². The van der Waals surface area contributed by atoms with Gasteiger partial charge in [0.2, 0.25) is 0 Å². The summed E-state index contributed by atoms with van der Waals surface area (Å²) in [6.45, 7) is 5.79. The lowest BCUT2D eigenvalue weighted by molar-refractivity contribution is 0.336. The van der Waals surface area contributed by atoms with E-state index in [1.54, 1.807) is 12.1 Å². The van der Waals surface area contributed by atoms with Crippen molar-refractivity contribution in [3.63, 3.8) is 0 Å². The van der Waals surface area contributed by atoms with E-state index in [9.17, 15) is 0 Å². The lowest BCUT2D eigenvalue weighted by atomic mass is 9.97. The molecular formula is C22H23N3. The Morgan fingerprint density at radius 1 is 1.20 bits per heavy atom. The van der Waals surface area contributed by atoms with Crippen molar-refractivity contribution in [2.24, 2.45) is 0 Å². The van der Waals surface area contributed by atoms with Gasteiger partial charge < -0.3 is 5.43 Å². The predicted molar refractivity (Wildman–Crippen MR) is 105 cm³/mol. The molecule has 0 aliphatic heterocycles. The second-order valence-corrected chi connectivity index (χ2v) is 5.61. The van der Waals surface area contributed by atoms with Gasteiger partial charge in [-0.1, -0.05) is 67.3 Å². The van der Waals surface area contributed by atoms with Gasteiger partial charge in [-0.2, -0.15) is 5.26 Å². The summed E-state index contributed by atoms with van der Waals surface area (Å²) >= 11 is 0. The SMILES string of the molecule is C=C/C=C\C(=C/C)C(c1ccccc1)N(C)Nc1cccc(C#N)c1. The lowest BCUT2D eigenvalue weighted by Crippen LogP contribution is -2.31. The zero-order chi connectivity index (χ0) is 18.1. The Kier molecular flexibility index (Phi) is 6.76. The fraction of sp³-hybridized carbons (Fsp3) is 0.136. The molecule has 0 saturated heterocycles. The van der Waals surface area contributed by atoms with E-state index in [0.717, 1.165) is 11.3 Å². The zero-order valence-corrected chi connectivity index (χ0v) is 14.7. The highest BCUT2D eigenvalue weighted by molar-refractivity contribution is 5.49. The number of allylic oxidation sites excluding steroid dienone is 3. The summed E-state index contributed by atoms with van der Waals surface area (Å²) < 4.78 is 0. The Labute approximate surface area is 150 Å². The van der Waals surface area contributed by atoms with Crippen molar-refractivity contribution in [3.05, 3.63) is 102 Å². The van der Waals surface area contributed by atoms with E-state index in [1.165, 1.54) is 5.56 Å². The predicted octanol–water partition coefficient (Wildman–Crippen LogP) is 5.25. The smallest absolute Gasteiger partial charge is 0.0992 e. The number of nitriles is 1. The first kappa shape index (κ1) is 18.3. The molecule has 0 radical (unpaired) electrons. The van der Waals surface area contributed by atoms with Crippen LogP contribution in [0.15, 0.2) is 91.1 Å². The summed E-state index contributed by atoms with van der Waals surface area (Å²) in [4.78, 5) is 0. The number of nitrogens with zero attached hydrogens (tertiary/aromatic N) is 2. The fourth-order valence-corrected chi connectivity index (χ4v) is 2.73. The van der Waals surface area contributed by atoms with E-state index >= 15 is 0 Å². The average Bonchev–Trinajstić information content (AvgIpc) is 2.65. The maximum atomic E-state index is 9.09. The normalized spacial score (nSPS) is 12.8. The quantitative estimate of drug-likeness (QED) is 0.557. The minimum absolute atomic E-state index is 0.0214. The van der Waals surface area contributed by atoms with E-state index in [4.69, 9.17) is 5.26 Å². The van der Waals surface area contributed by atoms with Crippen LogP contribution in [0.25, 0.3) is 0 Å². The Hall–Kier alpha value is -3.09. The monoisotopic (exact) mass is 329 g/mol. The maximum Gasteiger partial charge on any atom is 0.0992 e. The van der Waals surface area contributed by atoms with E-state index in [1.807, 2.05) is 56.4 Å². The van der Waals surface area contributed by atoms with Gasteiger partial charge in [0.1, 0.15) is 0 Å². The van der Waals surface area contributed by atoms with Gasteiger partial charge in [-0.3, -0.25) is 0 Å². The van der Waals surface area contributed by atoms with Crippen LogP contribution in [0.3, 0.4) is 0 Å². The number of anilines is 1. The molecule has 0 spiro atoms. The number of likely N-dealkylation sites (N-methyl/N-ethyl adjacent to an activating group) is 1. The Bertz CT molecular complexity index is 798. The molecule has 126 valence electrons. The van der Waals surface area contributed by atoms with Crippen molar-refractivity contribution in [3.8, 4) is 6.07 Å². The third-order valence-electron chi connectivity index (χ3n) is 3.87. The highest BCUT2D eigenvalue weighted by Crippen LogP contribution is 2.29. The largest absolute Gasteiger partial charge is 0.318 e. The summed E-state index contributed by atoms with van der Waals surface area (Å²) in [6.07, 6.45) is 7.88. The summed E-state index contributed by atoms with van der Waals surface area (Å²) in [5.74, 6) is 0. The molecule has 0 heterocycles. The van der Waals surface area contributed by atoms with E-state index in [-0.39, 0.29) is 6.04 Å². The van der Waals surface area contributed by atoms with Gasteiger partial charge in [-0.15, -0.1) is 0 Å². The highest BCUT2D eigenvalue weighted by atomic mass is 15.5. The number of rotatable bonds is 7. The van der Waals surface area contributed by atoms with Crippen LogP contribution < -0.4 is 5.43 Å². The van der Waals surface area contributed by atoms with Crippen molar-refractivity contribution in [2.75, 3.05) is 12.5 Å².